The van der Waals surface area contributed by atoms with Crippen LogP contribution in [0.2, 0.25) is 0 Å². The Labute approximate surface area is 92.0 Å². The lowest BCUT2D eigenvalue weighted by Crippen LogP contribution is -2.20. The predicted octanol–water partition coefficient (Wildman–Crippen LogP) is 2.92. The van der Waals surface area contributed by atoms with E-state index in [-0.39, 0.29) is 6.04 Å². The van der Waals surface area contributed by atoms with Crippen molar-refractivity contribution in [1.82, 2.24) is 5.32 Å². The zero-order valence-electron chi connectivity index (χ0n) is 9.71. The molecule has 1 atom stereocenters. The molecule has 1 rings (SSSR count). The van der Waals surface area contributed by atoms with Gasteiger partial charge in [-0.25, -0.2) is 0 Å². The maximum absolute atomic E-state index is 5.31. The monoisotopic (exact) mass is 205 g/mol. The molecule has 0 aliphatic rings. The third-order valence-electron chi connectivity index (χ3n) is 2.32. The zero-order valence-corrected chi connectivity index (χ0v) is 9.71. The van der Waals surface area contributed by atoms with Crippen LogP contribution in [0.3, 0.4) is 0 Å². The van der Waals surface area contributed by atoms with Crippen LogP contribution in [-0.4, -0.2) is 13.7 Å². The second-order valence-electron chi connectivity index (χ2n) is 3.80. The summed E-state index contributed by atoms with van der Waals surface area (Å²) in [5.74, 6) is 0.930. The normalized spacial score (nSPS) is 12.2. The summed E-state index contributed by atoms with van der Waals surface area (Å²) in [5.41, 5.74) is 2.32. The standard InChI is InChI=1S/C13H19NO/c1-10(2)9-14-11(3)12-7-5-6-8-13(12)15-4/h5-8,11,14H,1,9H2,2-4H3/t11-/m1/s1. The minimum Gasteiger partial charge on any atom is -0.496 e. The molecule has 0 bridgehead atoms. The molecule has 2 heteroatoms. The first-order valence-electron chi connectivity index (χ1n) is 5.16. The highest BCUT2D eigenvalue weighted by molar-refractivity contribution is 5.35. The van der Waals surface area contributed by atoms with E-state index in [0.29, 0.717) is 0 Å². The van der Waals surface area contributed by atoms with Gasteiger partial charge in [-0.1, -0.05) is 30.4 Å². The van der Waals surface area contributed by atoms with Gasteiger partial charge in [-0.3, -0.25) is 0 Å². The quantitative estimate of drug-likeness (QED) is 0.746. The molecule has 0 saturated heterocycles. The Morgan fingerprint density at radius 3 is 2.73 bits per heavy atom. The van der Waals surface area contributed by atoms with Crippen molar-refractivity contribution in [3.8, 4) is 5.75 Å². The number of ether oxygens (including phenoxy) is 1. The van der Waals surface area contributed by atoms with Crippen molar-refractivity contribution in [2.24, 2.45) is 0 Å². The first-order valence-corrected chi connectivity index (χ1v) is 5.16. The third-order valence-corrected chi connectivity index (χ3v) is 2.32. The lowest BCUT2D eigenvalue weighted by atomic mass is 10.1. The van der Waals surface area contributed by atoms with Crippen LogP contribution >= 0.6 is 0 Å². The molecule has 0 aromatic heterocycles. The van der Waals surface area contributed by atoms with Gasteiger partial charge in [0, 0.05) is 18.2 Å². The number of nitrogens with one attached hydrogen (secondary N) is 1. The summed E-state index contributed by atoms with van der Waals surface area (Å²) in [6.07, 6.45) is 0. The number of hydrogen-bond acceptors (Lipinski definition) is 2. The topological polar surface area (TPSA) is 21.3 Å². The van der Waals surface area contributed by atoms with Gasteiger partial charge in [0.2, 0.25) is 0 Å². The molecule has 0 heterocycles. The maximum atomic E-state index is 5.31. The Hall–Kier alpha value is -1.28. The van der Waals surface area contributed by atoms with Gasteiger partial charge in [0.05, 0.1) is 7.11 Å². The van der Waals surface area contributed by atoms with Gasteiger partial charge < -0.3 is 10.1 Å². The molecule has 0 radical (unpaired) electrons. The second kappa shape index (κ2) is 5.56. The first-order chi connectivity index (χ1) is 7.15. The van der Waals surface area contributed by atoms with Crippen molar-refractivity contribution >= 4 is 0 Å². The number of benzene rings is 1. The molecular formula is C13H19NO. The predicted molar refractivity (Wildman–Crippen MR) is 64.2 cm³/mol. The van der Waals surface area contributed by atoms with E-state index in [4.69, 9.17) is 4.74 Å². The van der Waals surface area contributed by atoms with Crippen molar-refractivity contribution in [3.63, 3.8) is 0 Å². The maximum Gasteiger partial charge on any atom is 0.123 e. The van der Waals surface area contributed by atoms with Gasteiger partial charge in [0.1, 0.15) is 5.75 Å². The molecule has 0 aliphatic carbocycles. The molecule has 1 N–H and O–H groups in total. The highest BCUT2D eigenvalue weighted by Crippen LogP contribution is 2.24. The fourth-order valence-electron chi connectivity index (χ4n) is 1.46. The molecule has 0 amide bonds. The van der Waals surface area contributed by atoms with Crippen molar-refractivity contribution in [3.05, 3.63) is 42.0 Å². The largest absolute Gasteiger partial charge is 0.496 e. The average molecular weight is 205 g/mol. The van der Waals surface area contributed by atoms with Crippen molar-refractivity contribution < 1.29 is 4.74 Å². The molecule has 2 nitrogen and oxygen atoms in total. The molecule has 82 valence electrons. The molecule has 1 aromatic rings. The van der Waals surface area contributed by atoms with Crippen molar-refractivity contribution in [1.29, 1.82) is 0 Å². The Morgan fingerprint density at radius 1 is 1.47 bits per heavy atom. The molecular weight excluding hydrogens is 186 g/mol. The summed E-state index contributed by atoms with van der Waals surface area (Å²) in [5, 5.41) is 3.39. The number of para-hydroxylation sites is 1. The van der Waals surface area contributed by atoms with Crippen LogP contribution in [-0.2, 0) is 0 Å². The van der Waals surface area contributed by atoms with Crippen LogP contribution in [0, 0.1) is 0 Å². The molecule has 0 spiro atoms. The molecule has 0 unspecified atom stereocenters. The first kappa shape index (κ1) is 11.8. The minimum absolute atomic E-state index is 0.276. The summed E-state index contributed by atoms with van der Waals surface area (Å²) in [4.78, 5) is 0. The van der Waals surface area contributed by atoms with E-state index in [1.165, 1.54) is 5.56 Å². The summed E-state index contributed by atoms with van der Waals surface area (Å²) in [6, 6.07) is 8.34. The lowest BCUT2D eigenvalue weighted by Gasteiger charge is -2.17. The van der Waals surface area contributed by atoms with E-state index >= 15 is 0 Å². The fraction of sp³-hybridized carbons (Fsp3) is 0.385. The fourth-order valence-corrected chi connectivity index (χ4v) is 1.46. The Balaban J connectivity index is 2.72. The molecule has 0 fully saturated rings. The Bertz CT molecular complexity index is 333. The van der Waals surface area contributed by atoms with Crippen molar-refractivity contribution in [2.75, 3.05) is 13.7 Å². The van der Waals surface area contributed by atoms with E-state index in [2.05, 4.69) is 24.9 Å². The molecule has 15 heavy (non-hydrogen) atoms. The van der Waals surface area contributed by atoms with Gasteiger partial charge in [0.15, 0.2) is 0 Å². The SMILES string of the molecule is C=C(C)CN[C@H](C)c1ccccc1OC. The van der Waals surface area contributed by atoms with Crippen LogP contribution in [0.5, 0.6) is 5.75 Å². The van der Waals surface area contributed by atoms with E-state index in [1.54, 1.807) is 7.11 Å². The number of hydrogen-bond donors (Lipinski definition) is 1. The van der Waals surface area contributed by atoms with Gasteiger partial charge in [-0.15, -0.1) is 0 Å². The smallest absolute Gasteiger partial charge is 0.123 e. The van der Waals surface area contributed by atoms with E-state index in [0.717, 1.165) is 17.9 Å². The average Bonchev–Trinajstić information content (AvgIpc) is 2.25. The number of rotatable bonds is 5. The summed E-state index contributed by atoms with van der Waals surface area (Å²) < 4.78 is 5.31. The summed E-state index contributed by atoms with van der Waals surface area (Å²) in [7, 11) is 1.70. The van der Waals surface area contributed by atoms with Crippen LogP contribution in [0.1, 0.15) is 25.5 Å². The van der Waals surface area contributed by atoms with Crippen LogP contribution in [0.15, 0.2) is 36.4 Å². The number of methoxy groups -OCH3 is 1. The molecule has 0 aliphatic heterocycles. The highest BCUT2D eigenvalue weighted by atomic mass is 16.5. The summed E-state index contributed by atoms with van der Waals surface area (Å²) >= 11 is 0. The van der Waals surface area contributed by atoms with E-state index < -0.39 is 0 Å². The minimum atomic E-state index is 0.276. The highest BCUT2D eigenvalue weighted by Gasteiger charge is 2.09. The van der Waals surface area contributed by atoms with E-state index in [1.807, 2.05) is 25.1 Å². The Morgan fingerprint density at radius 2 is 2.13 bits per heavy atom. The second-order valence-corrected chi connectivity index (χ2v) is 3.80. The van der Waals surface area contributed by atoms with Crippen LogP contribution in [0.25, 0.3) is 0 Å². The third kappa shape index (κ3) is 3.40. The molecule has 0 saturated carbocycles. The van der Waals surface area contributed by atoms with Gasteiger partial charge >= 0.3 is 0 Å². The van der Waals surface area contributed by atoms with E-state index in [9.17, 15) is 0 Å². The van der Waals surface area contributed by atoms with Crippen LogP contribution < -0.4 is 10.1 Å². The Kier molecular flexibility index (Phi) is 4.37. The molecule has 1 aromatic carbocycles. The van der Waals surface area contributed by atoms with Gasteiger partial charge in [0.25, 0.3) is 0 Å². The zero-order chi connectivity index (χ0) is 11.3. The van der Waals surface area contributed by atoms with Gasteiger partial charge in [-0.05, 0) is 19.9 Å². The van der Waals surface area contributed by atoms with Crippen LogP contribution in [0.4, 0.5) is 0 Å². The lowest BCUT2D eigenvalue weighted by molar-refractivity contribution is 0.402. The summed E-state index contributed by atoms with van der Waals surface area (Å²) in [6.45, 7) is 8.84. The van der Waals surface area contributed by atoms with Gasteiger partial charge in [-0.2, -0.15) is 0 Å². The van der Waals surface area contributed by atoms with Crippen molar-refractivity contribution in [2.45, 2.75) is 19.9 Å².